The number of phenolic OH excluding ortho intramolecular Hbond substituents is 1. The van der Waals surface area contributed by atoms with Gasteiger partial charge in [0, 0.05) is 61.6 Å². The van der Waals surface area contributed by atoms with E-state index < -0.39 is 29.8 Å². The van der Waals surface area contributed by atoms with E-state index in [-0.39, 0.29) is 42.4 Å². The number of aromatic nitrogens is 6. The molecule has 2 saturated heterocycles. The van der Waals surface area contributed by atoms with Gasteiger partial charge in [0.25, 0.3) is 0 Å². The quantitative estimate of drug-likeness (QED) is 0.0750. The number of aliphatic hydroxyl groups excluding tert-OH is 2. The van der Waals surface area contributed by atoms with E-state index in [1.807, 2.05) is 94.3 Å². The van der Waals surface area contributed by atoms with Crippen LogP contribution in [0.4, 0.5) is 5.95 Å². The molecule has 6 aromatic rings. The number of nitrogens with one attached hydrogen (secondary N) is 3. The SMILES string of the molecule is Cc1ncsc1-c1ccc(CNC(=O)[C@@H]2C[C@@H](O)CN2C(O)[C@@H](NC(=O)C2CCC(c3cnc(N4CCC(c5c[nH]c6nnc(-c7ccccc7O)cc56)CC4)nc3)CC2)C(C)(C)C)cc1. The van der Waals surface area contributed by atoms with Gasteiger partial charge in [0.15, 0.2) is 5.65 Å². The van der Waals surface area contributed by atoms with Crippen LogP contribution in [0.15, 0.2) is 78.7 Å². The predicted molar refractivity (Wildman–Crippen MR) is 255 cm³/mol. The van der Waals surface area contributed by atoms with E-state index in [2.05, 4.69) is 35.7 Å². The minimum atomic E-state index is -1.19. The van der Waals surface area contributed by atoms with Gasteiger partial charge in [-0.1, -0.05) is 57.2 Å². The number of aliphatic hydroxyl groups is 2. The molecule has 2 aliphatic heterocycles. The van der Waals surface area contributed by atoms with Crippen molar-refractivity contribution in [2.75, 3.05) is 24.5 Å². The number of carbonyl (C=O) groups is 2. The molecule has 4 aromatic heterocycles. The number of benzene rings is 2. The van der Waals surface area contributed by atoms with Crippen LogP contribution in [0.5, 0.6) is 5.75 Å². The zero-order valence-corrected chi connectivity index (χ0v) is 38.8. The molecule has 1 saturated carbocycles. The average Bonchev–Trinajstić information content (AvgIpc) is 4.07. The van der Waals surface area contributed by atoms with Gasteiger partial charge in [-0.15, -0.1) is 21.5 Å². The van der Waals surface area contributed by atoms with Crippen LogP contribution in [0.25, 0.3) is 32.7 Å². The summed E-state index contributed by atoms with van der Waals surface area (Å²) in [4.78, 5) is 49.8. The summed E-state index contributed by atoms with van der Waals surface area (Å²) in [5.74, 6) is 0.898. The summed E-state index contributed by atoms with van der Waals surface area (Å²) in [6, 6.07) is 15.8. The highest BCUT2D eigenvalue weighted by molar-refractivity contribution is 7.13. The van der Waals surface area contributed by atoms with Crippen LogP contribution in [0.2, 0.25) is 0 Å². The van der Waals surface area contributed by atoms with Gasteiger partial charge in [-0.3, -0.25) is 14.5 Å². The van der Waals surface area contributed by atoms with Crippen LogP contribution in [-0.2, 0) is 16.1 Å². The number of phenols is 1. The topological polar surface area (TPSA) is 206 Å². The van der Waals surface area contributed by atoms with Gasteiger partial charge in [0.1, 0.15) is 12.0 Å². The number of anilines is 1. The summed E-state index contributed by atoms with van der Waals surface area (Å²) in [7, 11) is 0. The first kappa shape index (κ1) is 45.4. The van der Waals surface area contributed by atoms with Crippen LogP contribution in [0.1, 0.15) is 99.9 Å². The molecule has 9 rings (SSSR count). The second-order valence-electron chi connectivity index (χ2n) is 19.4. The molecule has 2 aromatic carbocycles. The zero-order valence-electron chi connectivity index (χ0n) is 38.0. The predicted octanol–water partition coefficient (Wildman–Crippen LogP) is 6.81. The number of fused-ring (bicyclic) bond motifs is 1. The molecule has 2 amide bonds. The standard InChI is InChI=1S/C50H60N10O5S/c1-29-43(66-28-55-29)33-11-9-30(10-12-33)23-52-47(64)41-21-36(61)27-60(41)48(65)44(50(2,3)4)56-46(63)34-15-13-31(14-16-34)35-24-53-49(54-25-35)59-19-17-32(18-20-59)39-26-51-45-38(39)22-40(57-58-45)37-7-5-6-8-42(37)62/h5-12,22,24-26,28,31-32,34,36,41,44,48,61-62,65H,13-21,23,27H2,1-4H3,(H,51,58)(H,52,64)(H,56,63)/t31?,34?,36-,41+,44-,48?/m1/s1. The monoisotopic (exact) mass is 912 g/mol. The molecule has 66 heavy (non-hydrogen) atoms. The number of aromatic hydroxyl groups is 1. The maximum atomic E-state index is 13.9. The number of thiazole rings is 1. The van der Waals surface area contributed by atoms with E-state index >= 15 is 0 Å². The van der Waals surface area contributed by atoms with Gasteiger partial charge in [-0.05, 0) is 110 Å². The Balaban J connectivity index is 0.761. The van der Waals surface area contributed by atoms with Crippen molar-refractivity contribution >= 4 is 40.1 Å². The van der Waals surface area contributed by atoms with Gasteiger partial charge in [0.05, 0.1) is 40.0 Å². The highest BCUT2D eigenvalue weighted by Gasteiger charge is 2.45. The molecule has 3 aliphatic rings. The third kappa shape index (κ3) is 9.68. The first-order valence-electron chi connectivity index (χ1n) is 23.2. The number of piperidine rings is 1. The minimum absolute atomic E-state index is 0.100. The summed E-state index contributed by atoms with van der Waals surface area (Å²) in [6.45, 7) is 9.97. The molecule has 6 heterocycles. The maximum absolute atomic E-state index is 13.9. The Morgan fingerprint density at radius 2 is 1.65 bits per heavy atom. The molecule has 16 heteroatoms. The summed E-state index contributed by atoms with van der Waals surface area (Å²) in [6.07, 6.45) is 9.07. The van der Waals surface area contributed by atoms with Crippen molar-refractivity contribution in [3.05, 3.63) is 101 Å². The first-order valence-corrected chi connectivity index (χ1v) is 24.1. The van der Waals surface area contributed by atoms with E-state index in [9.17, 15) is 24.9 Å². The van der Waals surface area contributed by atoms with Crippen LogP contribution in [0.3, 0.4) is 0 Å². The van der Waals surface area contributed by atoms with Gasteiger partial charge in [-0.2, -0.15) is 0 Å². The second kappa shape index (κ2) is 19.2. The number of carbonyl (C=O) groups excluding carboxylic acids is 2. The van der Waals surface area contributed by atoms with Crippen LogP contribution < -0.4 is 15.5 Å². The summed E-state index contributed by atoms with van der Waals surface area (Å²) in [5.41, 5.74) is 8.61. The number of H-pyrrole nitrogens is 1. The molecule has 0 bridgehead atoms. The molecule has 15 nitrogen and oxygen atoms in total. The molecular formula is C50H60N10O5S. The number of β-amino-alcohol motifs (C(OH)–C–C–N with tert-alkyl or cyclic N) is 1. The Bertz CT molecular complexity index is 2630. The molecule has 4 atom stereocenters. The van der Waals surface area contributed by atoms with E-state index in [0.717, 1.165) is 83.0 Å². The van der Waals surface area contributed by atoms with E-state index in [1.54, 1.807) is 28.4 Å². The average molecular weight is 913 g/mol. The van der Waals surface area contributed by atoms with Crippen LogP contribution >= 0.6 is 11.3 Å². The Kier molecular flexibility index (Phi) is 13.2. The smallest absolute Gasteiger partial charge is 0.237 e. The minimum Gasteiger partial charge on any atom is -0.507 e. The molecular weight excluding hydrogens is 853 g/mol. The first-order chi connectivity index (χ1) is 31.8. The summed E-state index contributed by atoms with van der Waals surface area (Å²) < 4.78 is 0. The third-order valence-electron chi connectivity index (χ3n) is 14.0. The van der Waals surface area contributed by atoms with Crippen molar-refractivity contribution in [1.29, 1.82) is 0 Å². The van der Waals surface area contributed by atoms with E-state index in [1.165, 1.54) is 5.56 Å². The Morgan fingerprint density at radius 1 is 0.924 bits per heavy atom. The Labute approximate surface area is 389 Å². The fraction of sp³-hybridized carbons (Fsp3) is 0.460. The highest BCUT2D eigenvalue weighted by Crippen LogP contribution is 2.39. The number of hydrogen-bond acceptors (Lipinski definition) is 13. The third-order valence-corrected chi connectivity index (χ3v) is 15.0. The molecule has 6 N–H and O–H groups in total. The number of rotatable bonds is 12. The molecule has 0 radical (unpaired) electrons. The fourth-order valence-corrected chi connectivity index (χ4v) is 10.9. The lowest BCUT2D eigenvalue weighted by molar-refractivity contribution is -0.136. The van der Waals surface area contributed by atoms with Crippen molar-refractivity contribution in [3.63, 3.8) is 0 Å². The summed E-state index contributed by atoms with van der Waals surface area (Å²) in [5, 5.41) is 49.0. The molecule has 0 spiro atoms. The summed E-state index contributed by atoms with van der Waals surface area (Å²) >= 11 is 1.59. The Hall–Kier alpha value is -5.81. The molecule has 1 unspecified atom stereocenters. The van der Waals surface area contributed by atoms with E-state index in [4.69, 9.17) is 9.97 Å². The molecule has 3 fully saturated rings. The van der Waals surface area contributed by atoms with Crippen molar-refractivity contribution < 1.29 is 24.9 Å². The number of nitrogens with zero attached hydrogens (tertiary/aromatic N) is 7. The van der Waals surface area contributed by atoms with Crippen LogP contribution in [-0.4, -0.2) is 106 Å². The lowest BCUT2D eigenvalue weighted by atomic mass is 9.78. The Morgan fingerprint density at radius 3 is 2.33 bits per heavy atom. The second-order valence-corrected chi connectivity index (χ2v) is 20.3. The fourth-order valence-electron chi connectivity index (χ4n) is 10.1. The van der Waals surface area contributed by atoms with E-state index in [0.29, 0.717) is 36.6 Å². The van der Waals surface area contributed by atoms with Gasteiger partial charge in [0.2, 0.25) is 17.8 Å². The number of hydrogen-bond donors (Lipinski definition) is 6. The maximum Gasteiger partial charge on any atom is 0.237 e. The van der Waals surface area contributed by atoms with Crippen molar-refractivity contribution in [3.8, 4) is 27.4 Å². The van der Waals surface area contributed by atoms with Crippen molar-refractivity contribution in [2.45, 2.75) is 115 Å². The normalized spacial score (nSPS) is 21.8. The van der Waals surface area contributed by atoms with Crippen molar-refractivity contribution in [1.82, 2.24) is 45.7 Å². The molecule has 1 aliphatic carbocycles. The number of aromatic amines is 1. The number of para-hydroxylation sites is 1. The molecule has 346 valence electrons. The lowest BCUT2D eigenvalue weighted by Gasteiger charge is -2.41. The highest BCUT2D eigenvalue weighted by atomic mass is 32.1. The number of amides is 2. The zero-order chi connectivity index (χ0) is 46.1. The van der Waals surface area contributed by atoms with Gasteiger partial charge in [-0.25, -0.2) is 15.0 Å². The van der Waals surface area contributed by atoms with Gasteiger partial charge < -0.3 is 35.8 Å². The van der Waals surface area contributed by atoms with Crippen LogP contribution in [0, 0.1) is 18.3 Å². The number of aryl methyl sites for hydroxylation is 1. The van der Waals surface area contributed by atoms with Gasteiger partial charge >= 0.3 is 0 Å². The lowest BCUT2D eigenvalue weighted by Crippen LogP contribution is -2.61. The largest absolute Gasteiger partial charge is 0.507 e. The number of likely N-dealkylation sites (tertiary alicyclic amines) is 1. The van der Waals surface area contributed by atoms with Crippen molar-refractivity contribution in [2.24, 2.45) is 11.3 Å².